The van der Waals surface area contributed by atoms with Gasteiger partial charge < -0.3 is 10.6 Å². The van der Waals surface area contributed by atoms with Gasteiger partial charge in [-0.25, -0.2) is 0 Å². The maximum absolute atomic E-state index is 6.08. The van der Waals surface area contributed by atoms with Crippen LogP contribution in [0.15, 0.2) is 41.7 Å². The van der Waals surface area contributed by atoms with E-state index in [1.54, 1.807) is 0 Å². The standard InChI is InChI=1S/C15H19N5/c1-3-19-10-12(8-18-19)14-9-17-15(16)20(14)13-6-4-5-11(2)7-13/h4-8,10,14H,3,9H2,1-2H3,(H2,16,17). The fourth-order valence-electron chi connectivity index (χ4n) is 2.57. The molecular formula is C15H19N5. The van der Waals surface area contributed by atoms with Crippen LogP contribution in [0.4, 0.5) is 5.69 Å². The number of benzene rings is 1. The van der Waals surface area contributed by atoms with Crippen molar-refractivity contribution in [3.8, 4) is 0 Å². The van der Waals surface area contributed by atoms with E-state index in [0.29, 0.717) is 12.5 Å². The molecule has 0 bridgehead atoms. The lowest BCUT2D eigenvalue weighted by atomic mass is 10.1. The number of hydrogen-bond acceptors (Lipinski definition) is 4. The molecule has 0 fully saturated rings. The second-order valence-corrected chi connectivity index (χ2v) is 5.05. The molecule has 2 heterocycles. The van der Waals surface area contributed by atoms with Gasteiger partial charge in [0.2, 0.25) is 0 Å². The first-order chi connectivity index (χ1) is 9.69. The third-order valence-corrected chi connectivity index (χ3v) is 3.63. The summed E-state index contributed by atoms with van der Waals surface area (Å²) in [6, 6.07) is 8.46. The highest BCUT2D eigenvalue weighted by molar-refractivity contribution is 5.97. The summed E-state index contributed by atoms with van der Waals surface area (Å²) in [5, 5.41) is 4.35. The number of rotatable bonds is 3. The van der Waals surface area contributed by atoms with Gasteiger partial charge in [0.15, 0.2) is 5.96 Å². The first kappa shape index (κ1) is 12.7. The summed E-state index contributed by atoms with van der Waals surface area (Å²) in [5.41, 5.74) is 9.52. The second kappa shape index (κ2) is 5.00. The van der Waals surface area contributed by atoms with Crippen molar-refractivity contribution >= 4 is 11.6 Å². The Balaban J connectivity index is 1.96. The van der Waals surface area contributed by atoms with Crippen molar-refractivity contribution < 1.29 is 0 Å². The molecule has 0 radical (unpaired) electrons. The Labute approximate surface area is 118 Å². The third kappa shape index (κ3) is 2.15. The van der Waals surface area contributed by atoms with E-state index in [0.717, 1.165) is 17.8 Å². The smallest absolute Gasteiger partial charge is 0.196 e. The maximum Gasteiger partial charge on any atom is 0.196 e. The van der Waals surface area contributed by atoms with Gasteiger partial charge >= 0.3 is 0 Å². The molecule has 1 aliphatic rings. The SMILES string of the molecule is CCn1cc(C2CN=C(N)N2c2cccc(C)c2)cn1. The van der Waals surface area contributed by atoms with Gasteiger partial charge in [0.1, 0.15) is 0 Å². The zero-order chi connectivity index (χ0) is 14.1. The lowest BCUT2D eigenvalue weighted by Gasteiger charge is -2.25. The highest BCUT2D eigenvalue weighted by Gasteiger charge is 2.29. The van der Waals surface area contributed by atoms with Gasteiger partial charge in [-0.15, -0.1) is 0 Å². The van der Waals surface area contributed by atoms with E-state index < -0.39 is 0 Å². The number of nitrogens with two attached hydrogens (primary N) is 1. The predicted octanol–water partition coefficient (Wildman–Crippen LogP) is 2.09. The molecule has 0 amide bonds. The van der Waals surface area contributed by atoms with Crippen LogP contribution in [0.1, 0.15) is 24.1 Å². The van der Waals surface area contributed by atoms with Crippen molar-refractivity contribution in [1.82, 2.24) is 9.78 Å². The molecule has 5 heteroatoms. The number of aryl methyl sites for hydroxylation is 2. The van der Waals surface area contributed by atoms with Crippen LogP contribution in [-0.4, -0.2) is 22.3 Å². The molecule has 2 aromatic rings. The molecular weight excluding hydrogens is 250 g/mol. The summed E-state index contributed by atoms with van der Waals surface area (Å²) >= 11 is 0. The summed E-state index contributed by atoms with van der Waals surface area (Å²) in [6.45, 7) is 5.70. The summed E-state index contributed by atoms with van der Waals surface area (Å²) < 4.78 is 1.93. The summed E-state index contributed by atoms with van der Waals surface area (Å²) in [7, 11) is 0. The molecule has 104 valence electrons. The molecule has 0 spiro atoms. The molecule has 1 aliphatic heterocycles. The largest absolute Gasteiger partial charge is 0.369 e. The highest BCUT2D eigenvalue weighted by atomic mass is 15.3. The minimum Gasteiger partial charge on any atom is -0.369 e. The van der Waals surface area contributed by atoms with Crippen molar-refractivity contribution in [3.05, 3.63) is 47.8 Å². The first-order valence-corrected chi connectivity index (χ1v) is 6.87. The minimum atomic E-state index is 0.136. The lowest BCUT2D eigenvalue weighted by molar-refractivity contribution is 0.657. The van der Waals surface area contributed by atoms with Crippen LogP contribution in [0.2, 0.25) is 0 Å². The van der Waals surface area contributed by atoms with Crippen molar-refractivity contribution in [2.24, 2.45) is 10.7 Å². The van der Waals surface area contributed by atoms with Crippen molar-refractivity contribution in [1.29, 1.82) is 0 Å². The number of nitrogens with zero attached hydrogens (tertiary/aromatic N) is 4. The van der Waals surface area contributed by atoms with Crippen LogP contribution < -0.4 is 10.6 Å². The molecule has 20 heavy (non-hydrogen) atoms. The van der Waals surface area contributed by atoms with Crippen LogP contribution in [0.3, 0.4) is 0 Å². The normalized spacial score (nSPS) is 18.4. The van der Waals surface area contributed by atoms with Crippen molar-refractivity contribution in [3.63, 3.8) is 0 Å². The van der Waals surface area contributed by atoms with Crippen LogP contribution in [0.25, 0.3) is 0 Å². The van der Waals surface area contributed by atoms with E-state index in [1.807, 2.05) is 16.9 Å². The quantitative estimate of drug-likeness (QED) is 0.928. The average Bonchev–Trinajstić information content (AvgIpc) is 3.04. The van der Waals surface area contributed by atoms with Crippen LogP contribution in [-0.2, 0) is 6.54 Å². The van der Waals surface area contributed by atoms with Crippen LogP contribution in [0.5, 0.6) is 0 Å². The van der Waals surface area contributed by atoms with Crippen LogP contribution >= 0.6 is 0 Å². The number of hydrogen-bond donors (Lipinski definition) is 1. The zero-order valence-corrected chi connectivity index (χ0v) is 11.8. The van der Waals surface area contributed by atoms with E-state index in [9.17, 15) is 0 Å². The second-order valence-electron chi connectivity index (χ2n) is 5.05. The number of aromatic nitrogens is 2. The fourth-order valence-corrected chi connectivity index (χ4v) is 2.57. The van der Waals surface area contributed by atoms with Crippen molar-refractivity contribution in [2.75, 3.05) is 11.4 Å². The lowest BCUT2D eigenvalue weighted by Crippen LogP contribution is -2.36. The molecule has 0 saturated heterocycles. The van der Waals surface area contributed by atoms with E-state index in [2.05, 4.69) is 53.2 Å². The molecule has 1 aromatic heterocycles. The predicted molar refractivity (Wildman–Crippen MR) is 80.8 cm³/mol. The average molecular weight is 269 g/mol. The maximum atomic E-state index is 6.08. The van der Waals surface area contributed by atoms with Gasteiger partial charge in [-0.1, -0.05) is 12.1 Å². The van der Waals surface area contributed by atoms with E-state index in [4.69, 9.17) is 5.73 Å². The zero-order valence-electron chi connectivity index (χ0n) is 11.8. The molecule has 0 saturated carbocycles. The Morgan fingerprint density at radius 3 is 2.95 bits per heavy atom. The number of aliphatic imine (C=N–C) groups is 1. The van der Waals surface area contributed by atoms with Gasteiger partial charge in [-0.2, -0.15) is 5.10 Å². The summed E-state index contributed by atoms with van der Waals surface area (Å²) in [4.78, 5) is 6.49. The van der Waals surface area contributed by atoms with E-state index in [-0.39, 0.29) is 6.04 Å². The van der Waals surface area contributed by atoms with Gasteiger partial charge in [-0.3, -0.25) is 9.67 Å². The Hall–Kier alpha value is -2.30. The van der Waals surface area contributed by atoms with E-state index >= 15 is 0 Å². The first-order valence-electron chi connectivity index (χ1n) is 6.87. The Morgan fingerprint density at radius 1 is 1.40 bits per heavy atom. The molecule has 2 N–H and O–H groups in total. The van der Waals surface area contributed by atoms with Gasteiger partial charge in [0.25, 0.3) is 0 Å². The third-order valence-electron chi connectivity index (χ3n) is 3.63. The Morgan fingerprint density at radius 2 is 2.25 bits per heavy atom. The number of guanidine groups is 1. The van der Waals surface area contributed by atoms with Gasteiger partial charge in [0.05, 0.1) is 18.8 Å². The molecule has 3 rings (SSSR count). The minimum absolute atomic E-state index is 0.136. The fraction of sp³-hybridized carbons (Fsp3) is 0.333. The van der Waals surface area contributed by atoms with Gasteiger partial charge in [0, 0.05) is 24.0 Å². The Kier molecular flexibility index (Phi) is 3.18. The monoisotopic (exact) mass is 269 g/mol. The number of anilines is 1. The summed E-state index contributed by atoms with van der Waals surface area (Å²) in [5.74, 6) is 0.574. The van der Waals surface area contributed by atoms with Gasteiger partial charge in [-0.05, 0) is 31.5 Å². The molecule has 5 nitrogen and oxygen atoms in total. The van der Waals surface area contributed by atoms with Crippen molar-refractivity contribution in [2.45, 2.75) is 26.4 Å². The summed E-state index contributed by atoms with van der Waals surface area (Å²) in [6.07, 6.45) is 3.98. The Bertz CT molecular complexity index is 643. The molecule has 0 aliphatic carbocycles. The molecule has 1 aromatic carbocycles. The van der Waals surface area contributed by atoms with E-state index in [1.165, 1.54) is 5.56 Å². The van der Waals surface area contributed by atoms with Crippen LogP contribution in [0, 0.1) is 6.92 Å². The topological polar surface area (TPSA) is 59.4 Å². The molecule has 1 unspecified atom stereocenters. The highest BCUT2D eigenvalue weighted by Crippen LogP contribution is 2.31. The molecule has 1 atom stereocenters.